The molecule has 0 bridgehead atoms. The number of nitrogens with zero attached hydrogens (tertiary/aromatic N) is 1. The first-order chi connectivity index (χ1) is 16.1. The van der Waals surface area contributed by atoms with E-state index in [2.05, 4.69) is 15.4 Å². The van der Waals surface area contributed by atoms with Crippen LogP contribution in [0.15, 0.2) is 12.2 Å². The lowest BCUT2D eigenvalue weighted by Crippen LogP contribution is -2.58. The van der Waals surface area contributed by atoms with Gasteiger partial charge in [0.2, 0.25) is 21.8 Å². The number of nitrogens with one attached hydrogen (secondary N) is 3. The quantitative estimate of drug-likeness (QED) is 0.415. The number of rotatable bonds is 4. The molecule has 3 fully saturated rings. The Hall–Kier alpha value is -2.63. The Kier molecular flexibility index (Phi) is 6.88. The minimum atomic E-state index is -3.78. The van der Waals surface area contributed by atoms with Crippen molar-refractivity contribution in [2.45, 2.75) is 87.1 Å². The molecule has 4 unspecified atom stereocenters. The van der Waals surface area contributed by atoms with E-state index in [-0.39, 0.29) is 12.3 Å². The Balaban J connectivity index is 1.56. The molecule has 188 valence electrons. The van der Waals surface area contributed by atoms with E-state index in [1.807, 2.05) is 12.2 Å². The summed E-state index contributed by atoms with van der Waals surface area (Å²) < 4.78 is 26.9. The topological polar surface area (TPSA) is 162 Å². The van der Waals surface area contributed by atoms with Gasteiger partial charge in [-0.15, -0.1) is 0 Å². The fourth-order valence-corrected chi connectivity index (χ4v) is 6.29. The summed E-state index contributed by atoms with van der Waals surface area (Å²) in [5.74, 6) is -2.05. The Morgan fingerprint density at radius 3 is 2.56 bits per heavy atom. The smallest absolute Gasteiger partial charge is 0.405 e. The highest BCUT2D eigenvalue weighted by Gasteiger charge is 2.61. The van der Waals surface area contributed by atoms with Gasteiger partial charge in [0.25, 0.3) is 5.91 Å². The average molecular weight is 497 g/mol. The molecule has 0 aromatic carbocycles. The van der Waals surface area contributed by atoms with Gasteiger partial charge in [-0.2, -0.15) is 0 Å². The molecule has 4 rings (SSSR count). The maximum atomic E-state index is 13.3. The van der Waals surface area contributed by atoms with Gasteiger partial charge in [-0.3, -0.25) is 19.1 Å². The average Bonchev–Trinajstić information content (AvgIpc) is 3.68. The summed E-state index contributed by atoms with van der Waals surface area (Å²) in [5, 5.41) is 13.7. The fraction of sp³-hybridized carbons (Fsp3) is 0.727. The van der Waals surface area contributed by atoms with Gasteiger partial charge in [0.15, 0.2) is 0 Å². The Morgan fingerprint density at radius 1 is 1.09 bits per heavy atom. The molecule has 11 nitrogen and oxygen atoms in total. The summed E-state index contributed by atoms with van der Waals surface area (Å²) in [6.45, 7) is 0.313. The maximum absolute atomic E-state index is 13.3. The number of sulfonamides is 1. The number of hydrogen-bond donors (Lipinski definition) is 4. The van der Waals surface area contributed by atoms with E-state index in [0.717, 1.165) is 19.3 Å². The molecule has 4 amide bonds. The zero-order valence-corrected chi connectivity index (χ0v) is 19.8. The molecule has 34 heavy (non-hydrogen) atoms. The second kappa shape index (κ2) is 9.55. The summed E-state index contributed by atoms with van der Waals surface area (Å²) in [5.41, 5.74) is -1.37. The minimum Gasteiger partial charge on any atom is -0.465 e. The summed E-state index contributed by atoms with van der Waals surface area (Å²) in [6.07, 6.45) is 8.09. The first-order valence-corrected chi connectivity index (χ1v) is 13.5. The third kappa shape index (κ3) is 5.21. The molecule has 2 heterocycles. The van der Waals surface area contributed by atoms with Crippen LogP contribution in [0.3, 0.4) is 0 Å². The number of amides is 4. The molecule has 4 aliphatic rings. The highest BCUT2D eigenvalue weighted by molar-refractivity contribution is 7.91. The largest absolute Gasteiger partial charge is 0.465 e. The summed E-state index contributed by atoms with van der Waals surface area (Å²) in [6, 6.07) is -1.79. The number of carbonyl (C=O) groups is 4. The van der Waals surface area contributed by atoms with Crippen LogP contribution < -0.4 is 15.4 Å². The van der Waals surface area contributed by atoms with Crippen LogP contribution in [0.2, 0.25) is 0 Å². The lowest BCUT2D eigenvalue weighted by molar-refractivity contribution is -0.141. The van der Waals surface area contributed by atoms with Crippen LogP contribution >= 0.6 is 0 Å². The first kappa shape index (κ1) is 24.5. The van der Waals surface area contributed by atoms with Crippen molar-refractivity contribution in [1.82, 2.24) is 20.3 Å². The van der Waals surface area contributed by atoms with Gasteiger partial charge < -0.3 is 20.6 Å². The summed E-state index contributed by atoms with van der Waals surface area (Å²) >= 11 is 0. The van der Waals surface area contributed by atoms with Crippen LogP contribution in [-0.4, -0.2) is 71.7 Å². The molecular formula is C22H32N4O7S. The highest BCUT2D eigenvalue weighted by Crippen LogP contribution is 2.46. The summed E-state index contributed by atoms with van der Waals surface area (Å²) in [4.78, 5) is 52.2. The Labute approximate surface area is 198 Å². The minimum absolute atomic E-state index is 0.283. The van der Waals surface area contributed by atoms with Crippen LogP contribution in [0.1, 0.15) is 64.2 Å². The van der Waals surface area contributed by atoms with E-state index in [1.54, 1.807) is 0 Å². The van der Waals surface area contributed by atoms with Gasteiger partial charge in [0.1, 0.15) is 17.6 Å². The van der Waals surface area contributed by atoms with Crippen molar-refractivity contribution in [3.8, 4) is 0 Å². The molecule has 4 N–H and O–H groups in total. The molecule has 2 saturated carbocycles. The maximum Gasteiger partial charge on any atom is 0.405 e. The van der Waals surface area contributed by atoms with Crippen LogP contribution in [0.25, 0.3) is 0 Å². The highest BCUT2D eigenvalue weighted by atomic mass is 32.2. The number of allylic oxidation sites excluding steroid dienone is 1. The molecule has 0 radical (unpaired) electrons. The van der Waals surface area contributed by atoms with Crippen LogP contribution in [0, 0.1) is 5.92 Å². The van der Waals surface area contributed by atoms with Gasteiger partial charge in [-0.1, -0.05) is 25.0 Å². The molecule has 2 aliphatic heterocycles. The Morgan fingerprint density at radius 2 is 1.85 bits per heavy atom. The van der Waals surface area contributed by atoms with Crippen molar-refractivity contribution >= 4 is 33.8 Å². The molecule has 0 spiro atoms. The number of carboxylic acid groups (broad SMARTS) is 1. The number of carbonyl (C=O) groups excluding carboxylic acids is 3. The second-order valence-electron chi connectivity index (χ2n) is 9.70. The van der Waals surface area contributed by atoms with E-state index in [9.17, 15) is 32.7 Å². The number of hydrogen-bond acceptors (Lipinski definition) is 6. The van der Waals surface area contributed by atoms with E-state index >= 15 is 0 Å². The molecule has 2 aliphatic carbocycles. The second-order valence-corrected chi connectivity index (χ2v) is 11.7. The van der Waals surface area contributed by atoms with Crippen LogP contribution in [0.4, 0.5) is 4.79 Å². The molecule has 1 saturated heterocycles. The van der Waals surface area contributed by atoms with E-state index < -0.39 is 56.7 Å². The first-order valence-electron chi connectivity index (χ1n) is 12.0. The summed E-state index contributed by atoms with van der Waals surface area (Å²) in [7, 11) is -3.78. The van der Waals surface area contributed by atoms with Crippen LogP contribution in [-0.2, 0) is 24.4 Å². The third-order valence-corrected chi connectivity index (χ3v) is 8.95. The van der Waals surface area contributed by atoms with Crippen molar-refractivity contribution in [3.63, 3.8) is 0 Å². The predicted molar refractivity (Wildman–Crippen MR) is 121 cm³/mol. The molecule has 0 aromatic rings. The standard InChI is InChI=1S/C22H32N4O7S/c27-18-17-9-6-12-26(17)19(28)16(23-21(30)31)8-5-3-1-2-4-7-14-13-22(14,24-18)20(29)25-34(32,33)15-10-11-15/h4,7,14-17,23H,1-3,5-6,8-13H2,(H,24,27)(H,25,29)(H,30,31)/b7-4-. The van der Waals surface area contributed by atoms with E-state index in [4.69, 9.17) is 0 Å². The van der Waals surface area contributed by atoms with Gasteiger partial charge in [-0.05, 0) is 51.4 Å². The van der Waals surface area contributed by atoms with Crippen molar-refractivity contribution in [2.24, 2.45) is 5.92 Å². The lowest BCUT2D eigenvalue weighted by atomic mass is 10.1. The van der Waals surface area contributed by atoms with Gasteiger partial charge in [-0.25, -0.2) is 13.2 Å². The van der Waals surface area contributed by atoms with E-state index in [0.29, 0.717) is 45.1 Å². The zero-order valence-electron chi connectivity index (χ0n) is 19.0. The Bertz CT molecular complexity index is 993. The SMILES string of the molecule is O=C(O)NC1CCCCC/C=C\C2CC2(C(=O)NS(=O)(=O)C2CC2)NC(=O)C2CCCN2C1=O. The van der Waals surface area contributed by atoms with Crippen molar-refractivity contribution in [1.29, 1.82) is 0 Å². The van der Waals surface area contributed by atoms with Crippen molar-refractivity contribution in [3.05, 3.63) is 12.2 Å². The zero-order chi connectivity index (χ0) is 24.5. The third-order valence-electron chi connectivity index (χ3n) is 7.13. The van der Waals surface area contributed by atoms with E-state index in [1.165, 1.54) is 4.90 Å². The molecule has 4 atom stereocenters. The molecular weight excluding hydrogens is 464 g/mol. The number of fused-ring (bicyclic) bond motifs is 2. The monoisotopic (exact) mass is 496 g/mol. The molecule has 12 heteroatoms. The van der Waals surface area contributed by atoms with Gasteiger partial charge >= 0.3 is 6.09 Å². The normalized spacial score (nSPS) is 33.4. The molecule has 0 aromatic heterocycles. The fourth-order valence-electron chi connectivity index (χ4n) is 4.92. The van der Waals surface area contributed by atoms with Crippen molar-refractivity contribution in [2.75, 3.05) is 6.54 Å². The van der Waals surface area contributed by atoms with Gasteiger partial charge in [0, 0.05) is 12.5 Å². The van der Waals surface area contributed by atoms with Crippen molar-refractivity contribution < 1.29 is 32.7 Å². The lowest BCUT2D eigenvalue weighted by Gasteiger charge is -2.29. The van der Waals surface area contributed by atoms with Gasteiger partial charge in [0.05, 0.1) is 5.25 Å². The predicted octanol–water partition coefficient (Wildman–Crippen LogP) is 0.617. The van der Waals surface area contributed by atoms with Crippen LogP contribution in [0.5, 0.6) is 0 Å².